The number of esters is 1. The number of ketones is 1. The highest BCUT2D eigenvalue weighted by Crippen LogP contribution is 2.34. The lowest BCUT2D eigenvalue weighted by Gasteiger charge is -2.17. The third-order valence-corrected chi connectivity index (χ3v) is 6.50. The van der Waals surface area contributed by atoms with E-state index >= 15 is 0 Å². The molecule has 0 amide bonds. The van der Waals surface area contributed by atoms with E-state index in [0.29, 0.717) is 29.4 Å². The number of hydrogen-bond donors (Lipinski definition) is 0. The molecule has 0 unspecified atom stereocenters. The van der Waals surface area contributed by atoms with E-state index in [1.807, 2.05) is 25.1 Å². The molecule has 0 aliphatic carbocycles. The summed E-state index contributed by atoms with van der Waals surface area (Å²) in [5.41, 5.74) is 2.40. The zero-order chi connectivity index (χ0) is 23.5. The lowest BCUT2D eigenvalue weighted by atomic mass is 10.00. The van der Waals surface area contributed by atoms with E-state index in [1.54, 1.807) is 31.0 Å². The van der Waals surface area contributed by atoms with Crippen LogP contribution in [-0.2, 0) is 22.4 Å². The summed E-state index contributed by atoms with van der Waals surface area (Å²) in [5, 5.41) is 0.628. The molecule has 0 radical (unpaired) electrons. The molecule has 0 bridgehead atoms. The van der Waals surface area contributed by atoms with Crippen LogP contribution in [0.25, 0.3) is 0 Å². The van der Waals surface area contributed by atoms with Gasteiger partial charge in [0.15, 0.2) is 5.78 Å². The molecule has 0 saturated carbocycles. The van der Waals surface area contributed by atoms with Crippen LogP contribution in [0.15, 0.2) is 35.2 Å². The summed E-state index contributed by atoms with van der Waals surface area (Å²) in [6, 6.07) is 9.30. The molecule has 5 nitrogen and oxygen atoms in total. The first kappa shape index (κ1) is 26.1. The van der Waals surface area contributed by atoms with Gasteiger partial charge in [-0.3, -0.25) is 9.59 Å². The number of Topliss-reactive ketones (excluding diaryl/α,β-unsaturated/α-hetero) is 1. The van der Waals surface area contributed by atoms with Crippen molar-refractivity contribution in [3.63, 3.8) is 0 Å². The van der Waals surface area contributed by atoms with Crippen LogP contribution < -0.4 is 9.47 Å². The highest BCUT2D eigenvalue weighted by atomic mass is 35.5. The van der Waals surface area contributed by atoms with Crippen molar-refractivity contribution in [1.29, 1.82) is 0 Å². The molecule has 0 aromatic heterocycles. The number of hydrogen-bond acceptors (Lipinski definition) is 6. The Morgan fingerprint density at radius 2 is 1.88 bits per heavy atom. The van der Waals surface area contributed by atoms with Gasteiger partial charge in [0.2, 0.25) is 0 Å². The maximum atomic E-state index is 12.3. The Bertz CT molecular complexity index is 929. The number of methoxy groups -OCH3 is 2. The fourth-order valence-electron chi connectivity index (χ4n) is 3.31. The van der Waals surface area contributed by atoms with Crippen LogP contribution in [0.5, 0.6) is 11.5 Å². The van der Waals surface area contributed by atoms with Gasteiger partial charge in [0.05, 0.1) is 37.8 Å². The molecule has 2 aromatic rings. The molecule has 0 spiro atoms. The van der Waals surface area contributed by atoms with Gasteiger partial charge < -0.3 is 14.2 Å². The Balaban J connectivity index is 1.95. The third kappa shape index (κ3) is 7.17. The molecule has 0 atom stereocenters. The van der Waals surface area contributed by atoms with Crippen LogP contribution in [0, 0.1) is 0 Å². The van der Waals surface area contributed by atoms with Gasteiger partial charge in [0, 0.05) is 22.6 Å². The summed E-state index contributed by atoms with van der Waals surface area (Å²) in [4.78, 5) is 24.6. The minimum atomic E-state index is -0.287. The van der Waals surface area contributed by atoms with Crippen LogP contribution in [0.4, 0.5) is 0 Å². The quantitative estimate of drug-likeness (QED) is 0.148. The minimum Gasteiger partial charge on any atom is -0.496 e. The van der Waals surface area contributed by atoms with Crippen molar-refractivity contribution in [3.05, 3.63) is 52.0 Å². The van der Waals surface area contributed by atoms with Crippen LogP contribution in [0.3, 0.4) is 0 Å². The zero-order valence-corrected chi connectivity index (χ0v) is 20.7. The second-order valence-electron chi connectivity index (χ2n) is 7.22. The number of benzene rings is 2. The molecule has 0 heterocycles. The van der Waals surface area contributed by atoms with Crippen molar-refractivity contribution in [2.24, 2.45) is 0 Å². The first-order valence-electron chi connectivity index (χ1n) is 10.8. The molecule has 0 fully saturated rings. The molecule has 0 aliphatic rings. The van der Waals surface area contributed by atoms with Crippen LogP contribution in [0.2, 0.25) is 5.02 Å². The molecule has 0 N–H and O–H groups in total. The summed E-state index contributed by atoms with van der Waals surface area (Å²) >= 11 is 8.01. The Kier molecular flexibility index (Phi) is 10.9. The zero-order valence-electron chi connectivity index (χ0n) is 19.2. The fraction of sp³-hybridized carbons (Fsp3) is 0.440. The first-order chi connectivity index (χ1) is 15.4. The lowest BCUT2D eigenvalue weighted by molar-refractivity contribution is -0.139. The Hall–Kier alpha value is -2.18. The predicted molar refractivity (Wildman–Crippen MR) is 130 cm³/mol. The van der Waals surface area contributed by atoms with E-state index in [4.69, 9.17) is 21.1 Å². The number of rotatable bonds is 13. The number of carbonyl (C=O) groups is 2. The lowest BCUT2D eigenvalue weighted by Crippen LogP contribution is -2.07. The van der Waals surface area contributed by atoms with Crippen molar-refractivity contribution in [1.82, 2.24) is 0 Å². The Labute approximate surface area is 199 Å². The molecule has 7 heteroatoms. The van der Waals surface area contributed by atoms with E-state index in [1.165, 1.54) is 7.11 Å². The summed E-state index contributed by atoms with van der Waals surface area (Å²) < 4.78 is 16.3. The van der Waals surface area contributed by atoms with Crippen molar-refractivity contribution in [3.8, 4) is 11.5 Å². The number of halogens is 1. The topological polar surface area (TPSA) is 61.8 Å². The second kappa shape index (κ2) is 13.4. The number of thioether (sulfide) groups is 1. The highest BCUT2D eigenvalue weighted by molar-refractivity contribution is 7.99. The molecule has 32 heavy (non-hydrogen) atoms. The number of carbonyl (C=O) groups excluding carboxylic acids is 2. The van der Waals surface area contributed by atoms with Gasteiger partial charge in [-0.15, -0.1) is 11.8 Å². The maximum Gasteiger partial charge on any atom is 0.309 e. The van der Waals surface area contributed by atoms with Crippen molar-refractivity contribution < 1.29 is 23.8 Å². The highest BCUT2D eigenvalue weighted by Gasteiger charge is 2.18. The largest absolute Gasteiger partial charge is 0.496 e. The normalized spacial score (nSPS) is 10.7. The third-order valence-electron chi connectivity index (χ3n) is 4.92. The molecule has 2 rings (SSSR count). The second-order valence-corrected chi connectivity index (χ2v) is 8.76. The molecular weight excluding hydrogens is 448 g/mol. The van der Waals surface area contributed by atoms with Gasteiger partial charge in [-0.25, -0.2) is 0 Å². The van der Waals surface area contributed by atoms with E-state index < -0.39 is 0 Å². The predicted octanol–water partition coefficient (Wildman–Crippen LogP) is 6.17. The Morgan fingerprint density at radius 3 is 2.50 bits per heavy atom. The van der Waals surface area contributed by atoms with Crippen LogP contribution >= 0.6 is 23.4 Å². The molecular formula is C25H31ClO5S. The smallest absolute Gasteiger partial charge is 0.309 e. The van der Waals surface area contributed by atoms with Gasteiger partial charge in [-0.1, -0.05) is 37.9 Å². The van der Waals surface area contributed by atoms with Crippen molar-refractivity contribution >= 4 is 35.1 Å². The minimum absolute atomic E-state index is 0.0663. The molecule has 0 aliphatic heterocycles. The van der Waals surface area contributed by atoms with E-state index in [2.05, 4.69) is 11.7 Å². The standard InChI is InChI=1S/C25H31ClO5S/c1-5-8-19-22(11-10-18(21(27)6-2)25(19)30-4)31-13-7-14-32-23-12-9-17(15-20(23)26)16-24(28)29-3/h9-12,15H,5-8,13-14,16H2,1-4H3. The summed E-state index contributed by atoms with van der Waals surface area (Å²) in [6.07, 6.45) is 3.18. The van der Waals surface area contributed by atoms with Gasteiger partial charge >= 0.3 is 5.97 Å². The summed E-state index contributed by atoms with van der Waals surface area (Å²) in [5.74, 6) is 2.01. The Morgan fingerprint density at radius 1 is 1.09 bits per heavy atom. The molecule has 174 valence electrons. The van der Waals surface area contributed by atoms with E-state index in [0.717, 1.165) is 46.8 Å². The van der Waals surface area contributed by atoms with Gasteiger partial charge in [0.25, 0.3) is 0 Å². The fourth-order valence-corrected chi connectivity index (χ4v) is 4.52. The van der Waals surface area contributed by atoms with Gasteiger partial charge in [-0.2, -0.15) is 0 Å². The van der Waals surface area contributed by atoms with E-state index in [9.17, 15) is 9.59 Å². The summed E-state index contributed by atoms with van der Waals surface area (Å²) in [7, 11) is 2.97. The average molecular weight is 479 g/mol. The van der Waals surface area contributed by atoms with Gasteiger partial charge in [0.1, 0.15) is 11.5 Å². The van der Waals surface area contributed by atoms with E-state index in [-0.39, 0.29) is 18.2 Å². The monoisotopic (exact) mass is 478 g/mol. The van der Waals surface area contributed by atoms with Gasteiger partial charge in [-0.05, 0) is 42.7 Å². The SMILES string of the molecule is CCCc1c(OCCCSc2ccc(CC(=O)OC)cc2Cl)ccc(C(=O)CC)c1OC. The first-order valence-corrected chi connectivity index (χ1v) is 12.1. The molecule has 2 aromatic carbocycles. The maximum absolute atomic E-state index is 12.3. The van der Waals surface area contributed by atoms with Crippen molar-refractivity contribution in [2.75, 3.05) is 26.6 Å². The van der Waals surface area contributed by atoms with Crippen LogP contribution in [-0.4, -0.2) is 38.3 Å². The average Bonchev–Trinajstić information content (AvgIpc) is 2.80. The van der Waals surface area contributed by atoms with Crippen molar-refractivity contribution in [2.45, 2.75) is 50.8 Å². The number of ether oxygens (including phenoxy) is 3. The van der Waals surface area contributed by atoms with Crippen LogP contribution in [0.1, 0.15) is 54.6 Å². The summed E-state index contributed by atoms with van der Waals surface area (Å²) in [6.45, 7) is 4.49. The molecule has 0 saturated heterocycles.